The summed E-state index contributed by atoms with van der Waals surface area (Å²) in [5.41, 5.74) is -1.30. The van der Waals surface area contributed by atoms with E-state index in [1.165, 1.54) is 0 Å². The number of likely N-dealkylation sites (tertiary alicyclic amines) is 1. The molecule has 1 aromatic rings. The van der Waals surface area contributed by atoms with Gasteiger partial charge in [0.05, 0.1) is 13.1 Å². The molecule has 21 heavy (non-hydrogen) atoms. The molecule has 1 saturated heterocycles. The minimum Gasteiger partial charge on any atom is -0.327 e. The first-order valence-electron chi connectivity index (χ1n) is 6.56. The number of piperidine rings is 1. The van der Waals surface area contributed by atoms with E-state index in [9.17, 15) is 26.7 Å². The maximum absolute atomic E-state index is 13.4. The molecule has 1 aliphatic heterocycles. The van der Waals surface area contributed by atoms with Crippen LogP contribution in [0.2, 0.25) is 0 Å². The van der Waals surface area contributed by atoms with Gasteiger partial charge >= 0.3 is 0 Å². The molecule has 0 spiro atoms. The van der Waals surface area contributed by atoms with E-state index in [-0.39, 0.29) is 6.54 Å². The van der Waals surface area contributed by atoms with Crippen molar-refractivity contribution in [2.24, 2.45) is 0 Å². The summed E-state index contributed by atoms with van der Waals surface area (Å²) in [5, 5.41) is 1.78. The number of hydrogen-bond acceptors (Lipinski definition) is 1. The van der Waals surface area contributed by atoms with Crippen LogP contribution in [0, 0.1) is 29.1 Å². The van der Waals surface area contributed by atoms with Crippen LogP contribution in [0.3, 0.4) is 0 Å². The number of rotatable bonds is 3. The molecule has 1 fully saturated rings. The van der Waals surface area contributed by atoms with Gasteiger partial charge in [0.15, 0.2) is 29.8 Å². The number of amides is 1. The zero-order valence-corrected chi connectivity index (χ0v) is 11.0. The van der Waals surface area contributed by atoms with Gasteiger partial charge in [0.25, 0.3) is 5.91 Å². The topological polar surface area (TPSA) is 33.5 Å². The van der Waals surface area contributed by atoms with Gasteiger partial charge in [-0.3, -0.25) is 4.79 Å². The molecule has 1 amide bonds. The summed E-state index contributed by atoms with van der Waals surface area (Å²) in [5.74, 6) is -11.2. The quantitative estimate of drug-likeness (QED) is 0.494. The number of carbonyl (C=O) groups excluding carboxylic acids is 1. The van der Waals surface area contributed by atoms with Crippen molar-refractivity contribution in [1.29, 1.82) is 0 Å². The lowest BCUT2D eigenvalue weighted by Crippen LogP contribution is -3.13. The molecule has 8 heteroatoms. The van der Waals surface area contributed by atoms with Gasteiger partial charge in [-0.2, -0.15) is 0 Å². The number of anilines is 1. The highest BCUT2D eigenvalue weighted by Crippen LogP contribution is 2.26. The second-order valence-corrected chi connectivity index (χ2v) is 4.98. The van der Waals surface area contributed by atoms with Crippen molar-refractivity contribution in [3.05, 3.63) is 29.1 Å². The maximum Gasteiger partial charge on any atom is 0.279 e. The fourth-order valence-electron chi connectivity index (χ4n) is 2.35. The average Bonchev–Trinajstić information content (AvgIpc) is 2.48. The van der Waals surface area contributed by atoms with E-state index in [0.29, 0.717) is 0 Å². The van der Waals surface area contributed by atoms with E-state index in [1.807, 2.05) is 0 Å². The Kier molecular flexibility index (Phi) is 4.76. The largest absolute Gasteiger partial charge is 0.327 e. The van der Waals surface area contributed by atoms with E-state index >= 15 is 0 Å². The van der Waals surface area contributed by atoms with Crippen molar-refractivity contribution in [3.8, 4) is 0 Å². The summed E-state index contributed by atoms with van der Waals surface area (Å²) in [4.78, 5) is 12.6. The van der Waals surface area contributed by atoms with Crippen LogP contribution in [0.4, 0.5) is 27.6 Å². The molecule has 2 N–H and O–H groups in total. The number of nitrogens with one attached hydrogen (secondary N) is 2. The zero-order chi connectivity index (χ0) is 15.6. The number of halogens is 5. The Morgan fingerprint density at radius 3 is 1.86 bits per heavy atom. The minimum absolute atomic E-state index is 0.0699. The number of carbonyl (C=O) groups is 1. The third kappa shape index (κ3) is 3.31. The second kappa shape index (κ2) is 6.38. The Labute approximate surface area is 117 Å². The first-order chi connectivity index (χ1) is 9.91. The average molecular weight is 309 g/mol. The molecule has 0 radical (unpaired) electrons. The van der Waals surface area contributed by atoms with Gasteiger partial charge < -0.3 is 10.2 Å². The Balaban J connectivity index is 2.13. The summed E-state index contributed by atoms with van der Waals surface area (Å²) in [6, 6.07) is 0. The molecule has 1 aromatic carbocycles. The molecule has 0 unspecified atom stereocenters. The van der Waals surface area contributed by atoms with E-state index < -0.39 is 40.7 Å². The number of benzene rings is 1. The third-order valence-corrected chi connectivity index (χ3v) is 3.45. The van der Waals surface area contributed by atoms with Crippen LogP contribution in [-0.2, 0) is 4.79 Å². The van der Waals surface area contributed by atoms with Crippen molar-refractivity contribution in [2.45, 2.75) is 19.3 Å². The molecule has 1 heterocycles. The monoisotopic (exact) mass is 309 g/mol. The van der Waals surface area contributed by atoms with Crippen LogP contribution in [0.1, 0.15) is 19.3 Å². The molecule has 0 aromatic heterocycles. The SMILES string of the molecule is O=C(C[NH+]1CCCCC1)Nc1c(F)c(F)c(F)c(F)c1F. The van der Waals surface area contributed by atoms with Gasteiger partial charge in [-0.1, -0.05) is 0 Å². The molecule has 0 aliphatic carbocycles. The van der Waals surface area contributed by atoms with Crippen molar-refractivity contribution >= 4 is 11.6 Å². The second-order valence-electron chi connectivity index (χ2n) is 4.98. The Morgan fingerprint density at radius 2 is 1.33 bits per heavy atom. The Morgan fingerprint density at radius 1 is 0.857 bits per heavy atom. The molecule has 0 atom stereocenters. The Bertz CT molecular complexity index is 529. The number of hydrogen-bond donors (Lipinski definition) is 2. The molecular formula is C13H14F5N2O+. The summed E-state index contributed by atoms with van der Waals surface area (Å²) in [6.07, 6.45) is 2.93. The van der Waals surface area contributed by atoms with Crippen LogP contribution in [-0.4, -0.2) is 25.5 Å². The van der Waals surface area contributed by atoms with Gasteiger partial charge in [0, 0.05) is 0 Å². The van der Waals surface area contributed by atoms with Gasteiger partial charge in [-0.05, 0) is 19.3 Å². The van der Waals surface area contributed by atoms with Crippen molar-refractivity contribution < 1.29 is 31.6 Å². The van der Waals surface area contributed by atoms with Crippen LogP contribution in [0.15, 0.2) is 0 Å². The van der Waals surface area contributed by atoms with Crippen LogP contribution in [0.25, 0.3) is 0 Å². The third-order valence-electron chi connectivity index (χ3n) is 3.45. The summed E-state index contributed by atoms with van der Waals surface area (Å²) in [7, 11) is 0. The molecule has 116 valence electrons. The summed E-state index contributed by atoms with van der Waals surface area (Å²) < 4.78 is 65.6. The normalized spacial score (nSPS) is 16.0. The van der Waals surface area contributed by atoms with Gasteiger partial charge in [0.2, 0.25) is 5.82 Å². The van der Waals surface area contributed by atoms with Crippen LogP contribution in [0.5, 0.6) is 0 Å². The lowest BCUT2D eigenvalue weighted by Gasteiger charge is -2.22. The summed E-state index contributed by atoms with van der Waals surface area (Å²) >= 11 is 0. The van der Waals surface area contributed by atoms with E-state index in [4.69, 9.17) is 0 Å². The molecule has 1 aliphatic rings. The fourth-order valence-corrected chi connectivity index (χ4v) is 2.35. The highest BCUT2D eigenvalue weighted by molar-refractivity contribution is 5.91. The lowest BCUT2D eigenvalue weighted by atomic mass is 10.1. The van der Waals surface area contributed by atoms with Crippen molar-refractivity contribution in [3.63, 3.8) is 0 Å². The highest BCUT2D eigenvalue weighted by Gasteiger charge is 2.27. The maximum atomic E-state index is 13.4. The Hall–Kier alpha value is -1.70. The first kappa shape index (κ1) is 15.7. The molecule has 0 bridgehead atoms. The van der Waals surface area contributed by atoms with E-state index in [0.717, 1.165) is 37.3 Å². The fraction of sp³-hybridized carbons (Fsp3) is 0.462. The molecule has 2 rings (SSSR count). The predicted octanol–water partition coefficient (Wildman–Crippen LogP) is 1.39. The number of quaternary nitrogens is 1. The lowest BCUT2D eigenvalue weighted by molar-refractivity contribution is -0.896. The first-order valence-corrected chi connectivity index (χ1v) is 6.56. The van der Waals surface area contributed by atoms with E-state index in [2.05, 4.69) is 0 Å². The standard InChI is InChI=1S/C13H13F5N2O/c14-8-9(15)11(17)13(12(18)10(8)16)19-7(21)6-20-4-2-1-3-5-20/h1-6H2,(H,19,21)/p+1. The van der Waals surface area contributed by atoms with Crippen molar-refractivity contribution in [2.75, 3.05) is 25.0 Å². The van der Waals surface area contributed by atoms with Gasteiger partial charge in [0.1, 0.15) is 5.69 Å². The minimum atomic E-state index is -2.25. The highest BCUT2D eigenvalue weighted by atomic mass is 19.2. The zero-order valence-electron chi connectivity index (χ0n) is 11.0. The predicted molar refractivity (Wildman–Crippen MR) is 64.3 cm³/mol. The molecular weight excluding hydrogens is 295 g/mol. The van der Waals surface area contributed by atoms with Gasteiger partial charge in [-0.25, -0.2) is 22.0 Å². The van der Waals surface area contributed by atoms with Gasteiger partial charge in [-0.15, -0.1) is 0 Å². The molecule has 3 nitrogen and oxygen atoms in total. The molecule has 0 saturated carbocycles. The van der Waals surface area contributed by atoms with Crippen LogP contribution >= 0.6 is 0 Å². The van der Waals surface area contributed by atoms with Crippen molar-refractivity contribution in [1.82, 2.24) is 0 Å². The van der Waals surface area contributed by atoms with E-state index in [1.54, 1.807) is 5.32 Å². The summed E-state index contributed by atoms with van der Waals surface area (Å²) in [6.45, 7) is 1.41. The smallest absolute Gasteiger partial charge is 0.279 e. The van der Waals surface area contributed by atoms with Crippen LogP contribution < -0.4 is 10.2 Å².